The summed E-state index contributed by atoms with van der Waals surface area (Å²) in [5, 5.41) is 0. The third-order valence-electron chi connectivity index (χ3n) is 3.39. The number of carbonyl (C=O) groups is 1. The van der Waals surface area contributed by atoms with Crippen LogP contribution in [-0.2, 0) is 4.79 Å². The molecule has 1 fully saturated rings. The Morgan fingerprint density at radius 1 is 1.11 bits per heavy atom. The minimum atomic E-state index is -0.124. The molecule has 0 saturated heterocycles. The minimum absolute atomic E-state index is 0.124. The van der Waals surface area contributed by atoms with E-state index in [0.29, 0.717) is 0 Å². The van der Waals surface area contributed by atoms with E-state index < -0.39 is 0 Å². The van der Waals surface area contributed by atoms with Gasteiger partial charge in [0.15, 0.2) is 0 Å². The second-order valence-electron chi connectivity index (χ2n) is 4.72. The van der Waals surface area contributed by atoms with Crippen LogP contribution < -0.4 is 11.5 Å². The van der Waals surface area contributed by atoms with E-state index in [2.05, 4.69) is 4.98 Å². The van der Waals surface area contributed by atoms with Gasteiger partial charge in [0.1, 0.15) is 0 Å². The molecule has 1 aliphatic rings. The summed E-state index contributed by atoms with van der Waals surface area (Å²) >= 11 is 0. The molecule has 0 aromatic carbocycles. The number of amides is 1. The zero-order chi connectivity index (χ0) is 13.2. The Balaban J connectivity index is 0.000000225. The molecular weight excluding hydrogens is 226 g/mol. The van der Waals surface area contributed by atoms with E-state index in [1.807, 2.05) is 18.2 Å². The highest BCUT2D eigenvalue weighted by atomic mass is 16.1. The first-order chi connectivity index (χ1) is 8.74. The van der Waals surface area contributed by atoms with Crippen molar-refractivity contribution in [3.63, 3.8) is 0 Å². The predicted molar refractivity (Wildman–Crippen MR) is 72.6 cm³/mol. The van der Waals surface area contributed by atoms with Gasteiger partial charge in [-0.05, 0) is 56.7 Å². The van der Waals surface area contributed by atoms with Crippen LogP contribution in [0.2, 0.25) is 0 Å². The Kier molecular flexibility index (Phi) is 7.03. The van der Waals surface area contributed by atoms with Crippen molar-refractivity contribution < 1.29 is 4.79 Å². The summed E-state index contributed by atoms with van der Waals surface area (Å²) in [6, 6.07) is 5.72. The van der Waals surface area contributed by atoms with Gasteiger partial charge in [0.25, 0.3) is 0 Å². The summed E-state index contributed by atoms with van der Waals surface area (Å²) < 4.78 is 0. The molecule has 0 radical (unpaired) electrons. The van der Waals surface area contributed by atoms with Crippen molar-refractivity contribution >= 4 is 5.91 Å². The predicted octanol–water partition coefficient (Wildman–Crippen LogP) is 1.71. The van der Waals surface area contributed by atoms with Gasteiger partial charge in [-0.15, -0.1) is 0 Å². The smallest absolute Gasteiger partial charge is 0.220 e. The van der Waals surface area contributed by atoms with E-state index in [1.54, 1.807) is 12.4 Å². The molecule has 1 amide bonds. The van der Waals surface area contributed by atoms with E-state index >= 15 is 0 Å². The largest absolute Gasteiger partial charge is 0.369 e. The number of hydrogen-bond donors (Lipinski definition) is 2. The summed E-state index contributed by atoms with van der Waals surface area (Å²) in [7, 11) is 0. The topological polar surface area (TPSA) is 82.0 Å². The monoisotopic (exact) mass is 249 g/mol. The lowest BCUT2D eigenvalue weighted by atomic mass is 9.80. The van der Waals surface area contributed by atoms with Crippen LogP contribution in [-0.4, -0.2) is 17.4 Å². The second-order valence-corrected chi connectivity index (χ2v) is 4.72. The van der Waals surface area contributed by atoms with Gasteiger partial charge in [-0.2, -0.15) is 0 Å². The van der Waals surface area contributed by atoms with Gasteiger partial charge in [-0.25, -0.2) is 0 Å². The van der Waals surface area contributed by atoms with Crippen molar-refractivity contribution in [2.75, 3.05) is 6.54 Å². The standard InChI is InChI=1S/C9H18N2O.C5H5N/c10-6-5-7-1-3-8(4-2-7)9(11)12;1-2-4-6-5-3-1/h7-8H,1-6,10H2,(H2,11,12);1-5H. The molecule has 2 rings (SSSR count). The number of nitrogens with two attached hydrogens (primary N) is 2. The normalized spacial score (nSPS) is 22.7. The van der Waals surface area contributed by atoms with Crippen LogP contribution >= 0.6 is 0 Å². The summed E-state index contributed by atoms with van der Waals surface area (Å²) in [5.41, 5.74) is 10.7. The second kappa shape index (κ2) is 8.64. The van der Waals surface area contributed by atoms with Crippen LogP contribution in [0, 0.1) is 11.8 Å². The Hall–Kier alpha value is -1.42. The number of aromatic nitrogens is 1. The molecule has 0 aliphatic heterocycles. The summed E-state index contributed by atoms with van der Waals surface area (Å²) in [6.07, 6.45) is 8.81. The fourth-order valence-electron chi connectivity index (χ4n) is 2.28. The highest BCUT2D eigenvalue weighted by molar-refractivity contribution is 5.76. The van der Waals surface area contributed by atoms with Gasteiger partial charge in [-0.3, -0.25) is 9.78 Å². The van der Waals surface area contributed by atoms with E-state index in [4.69, 9.17) is 11.5 Å². The summed E-state index contributed by atoms with van der Waals surface area (Å²) in [4.78, 5) is 14.6. The molecule has 0 atom stereocenters. The summed E-state index contributed by atoms with van der Waals surface area (Å²) in [6.45, 7) is 0.770. The SMILES string of the molecule is NCCC1CCC(C(N)=O)CC1.c1ccncc1. The van der Waals surface area contributed by atoms with Crippen LogP contribution in [0.25, 0.3) is 0 Å². The lowest BCUT2D eigenvalue weighted by molar-refractivity contribution is -0.122. The highest BCUT2D eigenvalue weighted by Gasteiger charge is 2.23. The van der Waals surface area contributed by atoms with E-state index in [9.17, 15) is 4.79 Å². The molecule has 1 heterocycles. The molecule has 1 saturated carbocycles. The molecule has 18 heavy (non-hydrogen) atoms. The molecule has 1 aromatic heterocycles. The number of nitrogens with zero attached hydrogens (tertiary/aromatic N) is 1. The van der Waals surface area contributed by atoms with Crippen molar-refractivity contribution in [1.29, 1.82) is 0 Å². The van der Waals surface area contributed by atoms with Crippen LogP contribution in [0.3, 0.4) is 0 Å². The van der Waals surface area contributed by atoms with Gasteiger partial charge in [0.05, 0.1) is 0 Å². The molecule has 1 aliphatic carbocycles. The van der Waals surface area contributed by atoms with Crippen LogP contribution in [0.4, 0.5) is 0 Å². The Morgan fingerprint density at radius 2 is 1.72 bits per heavy atom. The average molecular weight is 249 g/mol. The fraction of sp³-hybridized carbons (Fsp3) is 0.571. The van der Waals surface area contributed by atoms with Gasteiger partial charge < -0.3 is 11.5 Å². The third-order valence-corrected chi connectivity index (χ3v) is 3.39. The van der Waals surface area contributed by atoms with Crippen LogP contribution in [0.1, 0.15) is 32.1 Å². The molecular formula is C14H23N3O. The number of carbonyl (C=O) groups excluding carboxylic acids is 1. The van der Waals surface area contributed by atoms with E-state index in [1.165, 1.54) is 0 Å². The number of pyridine rings is 1. The van der Waals surface area contributed by atoms with E-state index in [0.717, 1.165) is 44.6 Å². The molecule has 0 bridgehead atoms. The lowest BCUT2D eigenvalue weighted by Gasteiger charge is -2.25. The molecule has 100 valence electrons. The van der Waals surface area contributed by atoms with Crippen molar-refractivity contribution in [1.82, 2.24) is 4.98 Å². The van der Waals surface area contributed by atoms with Crippen LogP contribution in [0.5, 0.6) is 0 Å². The molecule has 4 heteroatoms. The first-order valence-corrected chi connectivity index (χ1v) is 6.58. The van der Waals surface area contributed by atoms with Gasteiger partial charge in [0, 0.05) is 18.3 Å². The number of hydrogen-bond acceptors (Lipinski definition) is 3. The average Bonchev–Trinajstić information content (AvgIpc) is 2.42. The summed E-state index contributed by atoms with van der Waals surface area (Å²) in [5.74, 6) is 0.755. The first kappa shape index (κ1) is 14.6. The van der Waals surface area contributed by atoms with Crippen molar-refractivity contribution in [3.8, 4) is 0 Å². The molecule has 4 N–H and O–H groups in total. The van der Waals surface area contributed by atoms with Crippen molar-refractivity contribution in [3.05, 3.63) is 30.6 Å². The van der Waals surface area contributed by atoms with Gasteiger partial charge >= 0.3 is 0 Å². The molecule has 1 aromatic rings. The molecule has 0 unspecified atom stereocenters. The van der Waals surface area contributed by atoms with Crippen molar-refractivity contribution in [2.24, 2.45) is 23.3 Å². The van der Waals surface area contributed by atoms with Gasteiger partial charge in [-0.1, -0.05) is 6.07 Å². The lowest BCUT2D eigenvalue weighted by Crippen LogP contribution is -2.28. The quantitative estimate of drug-likeness (QED) is 0.855. The minimum Gasteiger partial charge on any atom is -0.369 e. The number of primary amides is 1. The maximum absolute atomic E-state index is 10.8. The molecule has 0 spiro atoms. The zero-order valence-electron chi connectivity index (χ0n) is 10.8. The van der Waals surface area contributed by atoms with E-state index in [-0.39, 0.29) is 11.8 Å². The van der Waals surface area contributed by atoms with Crippen LogP contribution in [0.15, 0.2) is 30.6 Å². The van der Waals surface area contributed by atoms with Crippen molar-refractivity contribution in [2.45, 2.75) is 32.1 Å². The Labute approximate surface area is 109 Å². The number of rotatable bonds is 3. The maximum Gasteiger partial charge on any atom is 0.220 e. The highest BCUT2D eigenvalue weighted by Crippen LogP contribution is 2.29. The third kappa shape index (κ3) is 5.77. The first-order valence-electron chi connectivity index (χ1n) is 6.58. The Bertz CT molecular complexity index is 294. The fourth-order valence-corrected chi connectivity index (χ4v) is 2.28. The Morgan fingerprint density at radius 3 is 2.06 bits per heavy atom. The van der Waals surface area contributed by atoms with Gasteiger partial charge in [0.2, 0.25) is 5.91 Å². The maximum atomic E-state index is 10.8. The molecule has 4 nitrogen and oxygen atoms in total. The zero-order valence-corrected chi connectivity index (χ0v) is 10.8.